The molecular weight excluding hydrogens is 220 g/mol. The van der Waals surface area contributed by atoms with Crippen molar-refractivity contribution in [1.82, 2.24) is 10.6 Å². The molecule has 0 spiro atoms. The third-order valence-electron chi connectivity index (χ3n) is 2.55. The minimum atomic E-state index is -0.197. The van der Waals surface area contributed by atoms with Crippen molar-refractivity contribution in [2.45, 2.75) is 45.1 Å². The van der Waals surface area contributed by atoms with Gasteiger partial charge >= 0.3 is 5.97 Å². The summed E-state index contributed by atoms with van der Waals surface area (Å²) in [5.41, 5.74) is 0. The average Bonchev–Trinajstić information content (AvgIpc) is 3.09. The van der Waals surface area contributed by atoms with E-state index < -0.39 is 0 Å². The number of nitrogens with one attached hydrogen (secondary N) is 2. The van der Waals surface area contributed by atoms with Crippen LogP contribution in [0.25, 0.3) is 0 Å². The van der Waals surface area contributed by atoms with Crippen molar-refractivity contribution in [2.75, 3.05) is 19.7 Å². The summed E-state index contributed by atoms with van der Waals surface area (Å²) < 4.78 is 4.79. The number of ether oxygens (including phenoxy) is 1. The smallest absolute Gasteiger partial charge is 0.305 e. The zero-order valence-electron chi connectivity index (χ0n) is 10.5. The summed E-state index contributed by atoms with van der Waals surface area (Å²) in [4.78, 5) is 22.3. The van der Waals surface area contributed by atoms with Crippen LogP contribution >= 0.6 is 0 Å². The molecule has 0 aromatic carbocycles. The minimum absolute atomic E-state index is 0.0435. The number of hydrogen-bond acceptors (Lipinski definition) is 4. The van der Waals surface area contributed by atoms with E-state index in [4.69, 9.17) is 4.74 Å². The van der Waals surface area contributed by atoms with Gasteiger partial charge in [-0.05, 0) is 26.2 Å². The van der Waals surface area contributed by atoms with Gasteiger partial charge in [-0.3, -0.25) is 9.59 Å². The van der Waals surface area contributed by atoms with Crippen LogP contribution in [0.2, 0.25) is 0 Å². The molecule has 0 aliphatic heterocycles. The van der Waals surface area contributed by atoms with Crippen LogP contribution in [0, 0.1) is 0 Å². The molecule has 0 aromatic heterocycles. The van der Waals surface area contributed by atoms with Gasteiger partial charge in [0.25, 0.3) is 0 Å². The van der Waals surface area contributed by atoms with Crippen molar-refractivity contribution < 1.29 is 14.3 Å². The standard InChI is InChI=1S/C12H22N2O3/c1-2-17-12(16)4-3-8-14-11(15)7-9-13-10-5-6-10/h10,13H,2-9H2,1H3,(H,14,15). The van der Waals surface area contributed by atoms with E-state index in [-0.39, 0.29) is 11.9 Å². The van der Waals surface area contributed by atoms with Gasteiger partial charge in [0.15, 0.2) is 0 Å². The van der Waals surface area contributed by atoms with Gasteiger partial charge in [0, 0.05) is 32.0 Å². The number of hydrogen-bond donors (Lipinski definition) is 2. The molecule has 0 radical (unpaired) electrons. The molecular formula is C12H22N2O3. The molecule has 1 rings (SSSR count). The fourth-order valence-corrected chi connectivity index (χ4v) is 1.46. The zero-order chi connectivity index (χ0) is 12.5. The first kappa shape index (κ1) is 14.0. The SMILES string of the molecule is CCOC(=O)CCCNC(=O)CCNC1CC1. The van der Waals surface area contributed by atoms with E-state index in [2.05, 4.69) is 10.6 Å². The summed E-state index contributed by atoms with van der Waals surface area (Å²) in [5.74, 6) is -0.154. The molecule has 1 aliphatic carbocycles. The Bertz CT molecular complexity index is 252. The lowest BCUT2D eigenvalue weighted by Crippen LogP contribution is -2.29. The van der Waals surface area contributed by atoms with Crippen molar-refractivity contribution in [3.63, 3.8) is 0 Å². The molecule has 0 unspecified atom stereocenters. The van der Waals surface area contributed by atoms with Crippen molar-refractivity contribution in [1.29, 1.82) is 0 Å². The highest BCUT2D eigenvalue weighted by Crippen LogP contribution is 2.18. The number of rotatable bonds is 9. The third-order valence-corrected chi connectivity index (χ3v) is 2.55. The average molecular weight is 242 g/mol. The first-order valence-corrected chi connectivity index (χ1v) is 6.38. The molecule has 0 saturated heterocycles. The molecule has 5 heteroatoms. The number of carbonyl (C=O) groups excluding carboxylic acids is 2. The van der Waals surface area contributed by atoms with Gasteiger partial charge in [-0.2, -0.15) is 0 Å². The number of amides is 1. The van der Waals surface area contributed by atoms with Gasteiger partial charge in [-0.25, -0.2) is 0 Å². The Hall–Kier alpha value is -1.10. The van der Waals surface area contributed by atoms with Crippen LogP contribution in [0.15, 0.2) is 0 Å². The predicted octanol–water partition coefficient (Wildman–Crippen LogP) is 0.588. The highest BCUT2D eigenvalue weighted by Gasteiger charge is 2.19. The molecule has 17 heavy (non-hydrogen) atoms. The summed E-state index contributed by atoms with van der Waals surface area (Å²) in [6, 6.07) is 0.645. The topological polar surface area (TPSA) is 67.4 Å². The molecule has 1 saturated carbocycles. The van der Waals surface area contributed by atoms with E-state index in [1.54, 1.807) is 6.92 Å². The first-order chi connectivity index (χ1) is 8.22. The van der Waals surface area contributed by atoms with Crippen molar-refractivity contribution in [3.8, 4) is 0 Å². The number of carbonyl (C=O) groups is 2. The summed E-state index contributed by atoms with van der Waals surface area (Å²) >= 11 is 0. The van der Waals surface area contributed by atoms with Crippen LogP contribution in [0.5, 0.6) is 0 Å². The van der Waals surface area contributed by atoms with Gasteiger partial charge in [-0.1, -0.05) is 0 Å². The van der Waals surface area contributed by atoms with E-state index in [1.807, 2.05) is 0 Å². The van der Waals surface area contributed by atoms with E-state index in [0.717, 1.165) is 6.54 Å². The molecule has 0 bridgehead atoms. The van der Waals surface area contributed by atoms with Crippen LogP contribution in [0.4, 0.5) is 0 Å². The van der Waals surface area contributed by atoms with Crippen LogP contribution in [-0.4, -0.2) is 37.6 Å². The second-order valence-corrected chi connectivity index (χ2v) is 4.24. The fraction of sp³-hybridized carbons (Fsp3) is 0.833. The van der Waals surface area contributed by atoms with Crippen molar-refractivity contribution >= 4 is 11.9 Å². The molecule has 0 aromatic rings. The lowest BCUT2D eigenvalue weighted by Gasteiger charge is -2.05. The van der Waals surface area contributed by atoms with E-state index >= 15 is 0 Å². The van der Waals surface area contributed by atoms with Gasteiger partial charge in [-0.15, -0.1) is 0 Å². The summed E-state index contributed by atoms with van der Waals surface area (Å²) in [5, 5.41) is 6.07. The Morgan fingerprint density at radius 2 is 2.00 bits per heavy atom. The maximum absolute atomic E-state index is 11.3. The van der Waals surface area contributed by atoms with Gasteiger partial charge in [0.1, 0.15) is 0 Å². The van der Waals surface area contributed by atoms with Crippen LogP contribution in [-0.2, 0) is 14.3 Å². The van der Waals surface area contributed by atoms with Crippen molar-refractivity contribution in [3.05, 3.63) is 0 Å². The lowest BCUT2D eigenvalue weighted by atomic mass is 10.3. The van der Waals surface area contributed by atoms with Crippen LogP contribution in [0.3, 0.4) is 0 Å². The largest absolute Gasteiger partial charge is 0.466 e. The quantitative estimate of drug-likeness (QED) is 0.458. The van der Waals surface area contributed by atoms with Gasteiger partial charge < -0.3 is 15.4 Å². The number of esters is 1. The minimum Gasteiger partial charge on any atom is -0.466 e. The molecule has 1 aliphatic rings. The first-order valence-electron chi connectivity index (χ1n) is 6.38. The van der Waals surface area contributed by atoms with E-state index in [0.29, 0.717) is 38.5 Å². The maximum atomic E-state index is 11.3. The predicted molar refractivity (Wildman–Crippen MR) is 64.5 cm³/mol. The Morgan fingerprint density at radius 3 is 2.65 bits per heavy atom. The molecule has 5 nitrogen and oxygen atoms in total. The van der Waals surface area contributed by atoms with E-state index in [1.165, 1.54) is 12.8 Å². The van der Waals surface area contributed by atoms with Crippen LogP contribution in [0.1, 0.15) is 39.0 Å². The zero-order valence-corrected chi connectivity index (χ0v) is 10.5. The van der Waals surface area contributed by atoms with Crippen molar-refractivity contribution in [2.24, 2.45) is 0 Å². The van der Waals surface area contributed by atoms with E-state index in [9.17, 15) is 9.59 Å². The Kier molecular flexibility index (Phi) is 6.62. The Balaban J connectivity index is 1.86. The second-order valence-electron chi connectivity index (χ2n) is 4.24. The highest BCUT2D eigenvalue weighted by atomic mass is 16.5. The summed E-state index contributed by atoms with van der Waals surface area (Å²) in [6.45, 7) is 3.49. The molecule has 98 valence electrons. The van der Waals surface area contributed by atoms with Crippen LogP contribution < -0.4 is 10.6 Å². The summed E-state index contributed by atoms with van der Waals surface area (Å²) in [7, 11) is 0. The Labute approximate surface area is 102 Å². The second kappa shape index (κ2) is 8.06. The highest BCUT2D eigenvalue weighted by molar-refractivity contribution is 5.76. The third kappa shape index (κ3) is 7.74. The molecule has 0 heterocycles. The molecule has 2 N–H and O–H groups in total. The maximum Gasteiger partial charge on any atom is 0.305 e. The van der Waals surface area contributed by atoms with Gasteiger partial charge in [0.2, 0.25) is 5.91 Å². The van der Waals surface area contributed by atoms with Gasteiger partial charge in [0.05, 0.1) is 6.61 Å². The summed E-state index contributed by atoms with van der Waals surface area (Å²) in [6.07, 6.45) is 3.99. The molecule has 1 fully saturated rings. The molecule has 1 amide bonds. The lowest BCUT2D eigenvalue weighted by molar-refractivity contribution is -0.143. The molecule has 0 atom stereocenters. The fourth-order valence-electron chi connectivity index (χ4n) is 1.46. The monoisotopic (exact) mass is 242 g/mol. The normalized spacial score (nSPS) is 14.4. The Morgan fingerprint density at radius 1 is 1.24 bits per heavy atom.